The van der Waals surface area contributed by atoms with Crippen LogP contribution in [0, 0.1) is 5.41 Å². The Hall–Kier alpha value is -1.03. The molecule has 1 aromatic heterocycles. The minimum absolute atomic E-state index is 0.197. The quantitative estimate of drug-likeness (QED) is 0.685. The number of fused-ring (bicyclic) bond motifs is 3. The summed E-state index contributed by atoms with van der Waals surface area (Å²) in [5, 5.41) is 0.318. The lowest BCUT2D eigenvalue weighted by Crippen LogP contribution is -2.44. The number of piperidine rings is 1. The molecule has 102 valence electrons. The average Bonchev–Trinajstić information content (AvgIpc) is 2.95. The molecule has 2 aliphatic heterocycles. The van der Waals surface area contributed by atoms with Gasteiger partial charge in [0.1, 0.15) is 11.0 Å². The molecule has 0 amide bonds. The Morgan fingerprint density at radius 2 is 2.11 bits per heavy atom. The molecular formula is C14H18ClN3O. The molecule has 3 aliphatic rings. The van der Waals surface area contributed by atoms with Crippen LogP contribution in [0.5, 0.6) is 0 Å². The highest BCUT2D eigenvalue weighted by Crippen LogP contribution is 2.50. The van der Waals surface area contributed by atoms with Crippen molar-refractivity contribution in [2.75, 3.05) is 11.4 Å². The topological polar surface area (TPSA) is 38.1 Å². The summed E-state index contributed by atoms with van der Waals surface area (Å²) < 4.78 is 1.80. The first-order chi connectivity index (χ1) is 9.17. The van der Waals surface area contributed by atoms with Crippen LogP contribution in [0.15, 0.2) is 10.9 Å². The summed E-state index contributed by atoms with van der Waals surface area (Å²) in [5.41, 5.74) is 0.363. The van der Waals surface area contributed by atoms with Crippen molar-refractivity contribution in [3.05, 3.63) is 21.7 Å². The summed E-state index contributed by atoms with van der Waals surface area (Å²) >= 11 is 5.93. The number of halogens is 1. The zero-order valence-corrected chi connectivity index (χ0v) is 11.7. The lowest BCUT2D eigenvalue weighted by atomic mass is 9.74. The summed E-state index contributed by atoms with van der Waals surface area (Å²) in [6, 6.07) is 2.31. The Labute approximate surface area is 117 Å². The van der Waals surface area contributed by atoms with Crippen LogP contribution in [-0.2, 0) is 6.54 Å². The first-order valence-corrected chi connectivity index (χ1v) is 7.59. The lowest BCUT2D eigenvalue weighted by Gasteiger charge is -2.42. The molecule has 0 radical (unpaired) electrons. The van der Waals surface area contributed by atoms with Crippen molar-refractivity contribution < 1.29 is 0 Å². The highest BCUT2D eigenvalue weighted by Gasteiger charge is 2.44. The predicted molar refractivity (Wildman–Crippen MR) is 74.8 cm³/mol. The largest absolute Gasteiger partial charge is 0.353 e. The molecule has 4 nitrogen and oxygen atoms in total. The molecule has 19 heavy (non-hydrogen) atoms. The van der Waals surface area contributed by atoms with Crippen molar-refractivity contribution in [3.8, 4) is 0 Å². The Kier molecular flexibility index (Phi) is 2.47. The van der Waals surface area contributed by atoms with Crippen LogP contribution in [0.1, 0.15) is 38.5 Å². The van der Waals surface area contributed by atoms with Crippen LogP contribution < -0.4 is 10.6 Å². The van der Waals surface area contributed by atoms with Gasteiger partial charge in [-0.05, 0) is 31.1 Å². The van der Waals surface area contributed by atoms with Gasteiger partial charge in [0.15, 0.2) is 0 Å². The molecule has 0 bridgehead atoms. The third-order valence-corrected chi connectivity index (χ3v) is 5.50. The van der Waals surface area contributed by atoms with Crippen LogP contribution in [0.2, 0.25) is 5.15 Å². The van der Waals surface area contributed by atoms with E-state index in [4.69, 9.17) is 11.6 Å². The summed E-state index contributed by atoms with van der Waals surface area (Å²) in [7, 11) is 0. The van der Waals surface area contributed by atoms with Crippen LogP contribution in [-0.4, -0.2) is 22.1 Å². The molecule has 1 atom stereocenters. The molecule has 1 saturated carbocycles. The van der Waals surface area contributed by atoms with Gasteiger partial charge in [-0.1, -0.05) is 24.4 Å². The number of anilines is 1. The number of rotatable bonds is 0. The SMILES string of the molecule is O=c1nc(Cl)cc2n1CC1CC3(CCCC3)CCN21. The van der Waals surface area contributed by atoms with Crippen molar-refractivity contribution in [1.29, 1.82) is 0 Å². The molecule has 0 N–H and O–H groups in total. The van der Waals surface area contributed by atoms with Crippen LogP contribution in [0.3, 0.4) is 0 Å². The Morgan fingerprint density at radius 1 is 1.32 bits per heavy atom. The summed E-state index contributed by atoms with van der Waals surface area (Å²) in [5.74, 6) is 0.975. The first kappa shape index (κ1) is 11.8. The van der Waals surface area contributed by atoms with Gasteiger partial charge >= 0.3 is 5.69 Å². The maximum atomic E-state index is 11.9. The normalized spacial score (nSPS) is 27.6. The van der Waals surface area contributed by atoms with Gasteiger partial charge in [0, 0.05) is 25.2 Å². The van der Waals surface area contributed by atoms with Crippen molar-refractivity contribution in [3.63, 3.8) is 0 Å². The molecule has 5 heteroatoms. The lowest BCUT2D eigenvalue weighted by molar-refractivity contribution is 0.193. The summed E-state index contributed by atoms with van der Waals surface area (Å²) in [6.07, 6.45) is 8.01. The van der Waals surface area contributed by atoms with Gasteiger partial charge in [0.05, 0.1) is 0 Å². The minimum Gasteiger partial charge on any atom is -0.353 e. The van der Waals surface area contributed by atoms with Gasteiger partial charge < -0.3 is 4.90 Å². The second kappa shape index (κ2) is 3.98. The molecule has 1 saturated heterocycles. The molecule has 1 aromatic rings. The average molecular weight is 280 g/mol. The third kappa shape index (κ3) is 1.72. The van der Waals surface area contributed by atoms with Crippen LogP contribution in [0.4, 0.5) is 5.82 Å². The molecule has 3 heterocycles. The molecule has 0 aromatic carbocycles. The fourth-order valence-corrected chi connectivity index (χ4v) is 4.55. The van der Waals surface area contributed by atoms with Crippen molar-refractivity contribution in [2.24, 2.45) is 5.41 Å². The van der Waals surface area contributed by atoms with Crippen molar-refractivity contribution in [1.82, 2.24) is 9.55 Å². The predicted octanol–water partition coefficient (Wildman–Crippen LogP) is 2.44. The van der Waals surface area contributed by atoms with E-state index in [1.54, 1.807) is 4.57 Å². The number of hydrogen-bond acceptors (Lipinski definition) is 3. The van der Waals surface area contributed by atoms with Crippen LogP contribution in [0.25, 0.3) is 0 Å². The standard InChI is InChI=1S/C14H18ClN3O/c15-11-7-12-17-6-5-14(3-1-2-4-14)8-10(17)9-18(12)13(19)16-11/h7,10H,1-6,8-9H2. The van der Waals surface area contributed by atoms with Crippen molar-refractivity contribution in [2.45, 2.75) is 51.1 Å². The van der Waals surface area contributed by atoms with E-state index in [1.165, 1.54) is 38.5 Å². The van der Waals surface area contributed by atoms with E-state index in [2.05, 4.69) is 9.88 Å². The second-order valence-corrected chi connectivity index (χ2v) is 6.73. The molecule has 2 fully saturated rings. The van der Waals surface area contributed by atoms with E-state index >= 15 is 0 Å². The Bertz CT molecular complexity index is 577. The van der Waals surface area contributed by atoms with Gasteiger partial charge in [-0.15, -0.1) is 0 Å². The highest BCUT2D eigenvalue weighted by atomic mass is 35.5. The highest BCUT2D eigenvalue weighted by molar-refractivity contribution is 6.29. The van der Waals surface area contributed by atoms with Gasteiger partial charge in [0.2, 0.25) is 0 Å². The van der Waals surface area contributed by atoms with E-state index in [0.717, 1.165) is 18.9 Å². The van der Waals surface area contributed by atoms with Gasteiger partial charge in [-0.2, -0.15) is 4.98 Å². The smallest absolute Gasteiger partial charge is 0.350 e. The summed E-state index contributed by atoms with van der Waals surface area (Å²) in [4.78, 5) is 18.1. The Morgan fingerprint density at radius 3 is 2.89 bits per heavy atom. The molecule has 1 unspecified atom stereocenters. The fourth-order valence-electron chi connectivity index (χ4n) is 4.38. The van der Waals surface area contributed by atoms with E-state index < -0.39 is 0 Å². The van der Waals surface area contributed by atoms with Gasteiger partial charge in [-0.3, -0.25) is 4.57 Å². The number of hydrogen-bond donors (Lipinski definition) is 0. The number of nitrogens with zero attached hydrogens (tertiary/aromatic N) is 3. The Balaban J connectivity index is 1.69. The molecule has 1 aliphatic carbocycles. The van der Waals surface area contributed by atoms with E-state index in [0.29, 0.717) is 16.6 Å². The zero-order chi connectivity index (χ0) is 13.0. The molecule has 1 spiro atoms. The second-order valence-electron chi connectivity index (χ2n) is 6.34. The molecule has 4 rings (SSSR count). The maximum Gasteiger partial charge on any atom is 0.350 e. The van der Waals surface area contributed by atoms with E-state index in [-0.39, 0.29) is 5.69 Å². The van der Waals surface area contributed by atoms with Crippen LogP contribution >= 0.6 is 11.6 Å². The van der Waals surface area contributed by atoms with Gasteiger partial charge in [-0.25, -0.2) is 4.79 Å². The zero-order valence-electron chi connectivity index (χ0n) is 10.9. The minimum atomic E-state index is -0.197. The fraction of sp³-hybridized carbons (Fsp3) is 0.714. The summed E-state index contributed by atoms with van der Waals surface area (Å²) in [6.45, 7) is 1.85. The monoisotopic (exact) mass is 279 g/mol. The van der Waals surface area contributed by atoms with Crippen molar-refractivity contribution >= 4 is 17.4 Å². The van der Waals surface area contributed by atoms with Gasteiger partial charge in [0.25, 0.3) is 0 Å². The van der Waals surface area contributed by atoms with E-state index in [9.17, 15) is 4.79 Å². The number of aromatic nitrogens is 2. The van der Waals surface area contributed by atoms with E-state index in [1.807, 2.05) is 6.07 Å². The molecular weight excluding hydrogens is 262 g/mol. The maximum absolute atomic E-state index is 11.9. The first-order valence-electron chi connectivity index (χ1n) is 7.21. The third-order valence-electron chi connectivity index (χ3n) is 5.30.